The number of piperazine rings is 1. The van der Waals surface area contributed by atoms with Crippen LogP contribution in [-0.2, 0) is 24.4 Å². The molecule has 2 amide bonds. The van der Waals surface area contributed by atoms with Crippen molar-refractivity contribution in [2.24, 2.45) is 0 Å². The molecular weight excluding hydrogens is 438 g/mol. The fourth-order valence-electron chi connectivity index (χ4n) is 3.08. The first-order valence-corrected chi connectivity index (χ1v) is 11.8. The third-order valence-corrected chi connectivity index (χ3v) is 6.37. The lowest BCUT2D eigenvalue weighted by molar-refractivity contribution is -0.139. The van der Waals surface area contributed by atoms with Gasteiger partial charge in [0.25, 0.3) is 0 Å². The predicted octanol–water partition coefficient (Wildman–Crippen LogP) is -0.504. The molecule has 11 nitrogen and oxygen atoms in total. The van der Waals surface area contributed by atoms with Gasteiger partial charge in [0.15, 0.2) is 0 Å². The van der Waals surface area contributed by atoms with Crippen LogP contribution in [0.4, 0.5) is 5.69 Å². The Bertz CT molecular complexity index is 973. The molecule has 1 heterocycles. The summed E-state index contributed by atoms with van der Waals surface area (Å²) in [4.78, 5) is 39.2. The van der Waals surface area contributed by atoms with E-state index in [-0.39, 0.29) is 31.3 Å². The standard InChI is InChI=1S/C20H27N5O6S/c1-2-3-10-32(30,31)23-17(20(28)29)12-22-18(26)13-25-9-8-24(14-19(25)27)16-6-4-15(11-21)5-7-16/h4-7,17,23H,2-3,8-10,12-14H2,1H3,(H,22,26)(H,28,29)/t17-/m0/s1. The predicted molar refractivity (Wildman–Crippen MR) is 116 cm³/mol. The lowest BCUT2D eigenvalue weighted by Crippen LogP contribution is -2.54. The Morgan fingerprint density at radius 1 is 1.25 bits per heavy atom. The molecule has 1 saturated heterocycles. The molecule has 1 atom stereocenters. The van der Waals surface area contributed by atoms with E-state index in [1.54, 1.807) is 24.3 Å². The van der Waals surface area contributed by atoms with Crippen molar-refractivity contribution in [1.29, 1.82) is 5.26 Å². The Hall–Kier alpha value is -3.17. The molecule has 0 bridgehead atoms. The van der Waals surface area contributed by atoms with Gasteiger partial charge in [-0.1, -0.05) is 13.3 Å². The zero-order valence-electron chi connectivity index (χ0n) is 17.8. The van der Waals surface area contributed by atoms with Crippen molar-refractivity contribution in [3.8, 4) is 6.07 Å². The van der Waals surface area contributed by atoms with Crippen molar-refractivity contribution >= 4 is 33.5 Å². The molecule has 32 heavy (non-hydrogen) atoms. The molecule has 0 aromatic heterocycles. The zero-order chi connectivity index (χ0) is 23.7. The number of unbranched alkanes of at least 4 members (excludes halogenated alkanes) is 1. The second-order valence-corrected chi connectivity index (χ2v) is 9.25. The van der Waals surface area contributed by atoms with Crippen LogP contribution in [0.2, 0.25) is 0 Å². The fourth-order valence-corrected chi connectivity index (χ4v) is 4.48. The van der Waals surface area contributed by atoms with Gasteiger partial charge in [-0.05, 0) is 30.7 Å². The molecule has 1 aliphatic heterocycles. The molecule has 0 spiro atoms. The van der Waals surface area contributed by atoms with Gasteiger partial charge in [-0.25, -0.2) is 8.42 Å². The van der Waals surface area contributed by atoms with Gasteiger partial charge in [-0.2, -0.15) is 9.98 Å². The molecule has 3 N–H and O–H groups in total. The van der Waals surface area contributed by atoms with Crippen molar-refractivity contribution in [3.63, 3.8) is 0 Å². The number of amides is 2. The Balaban J connectivity index is 1.85. The lowest BCUT2D eigenvalue weighted by atomic mass is 10.2. The van der Waals surface area contributed by atoms with Crippen LogP contribution in [0.25, 0.3) is 0 Å². The number of hydrogen-bond acceptors (Lipinski definition) is 7. The molecule has 0 radical (unpaired) electrons. The monoisotopic (exact) mass is 465 g/mol. The van der Waals surface area contributed by atoms with Gasteiger partial charge in [0.2, 0.25) is 21.8 Å². The minimum absolute atomic E-state index is 0.0636. The minimum atomic E-state index is -3.78. The number of aliphatic carboxylic acids is 1. The van der Waals surface area contributed by atoms with Crippen molar-refractivity contribution in [1.82, 2.24) is 14.9 Å². The van der Waals surface area contributed by atoms with Crippen molar-refractivity contribution in [2.75, 3.05) is 43.4 Å². The molecule has 0 saturated carbocycles. The van der Waals surface area contributed by atoms with E-state index in [1.165, 1.54) is 4.90 Å². The van der Waals surface area contributed by atoms with Crippen LogP contribution in [0, 0.1) is 11.3 Å². The maximum Gasteiger partial charge on any atom is 0.323 e. The molecule has 1 fully saturated rings. The molecule has 174 valence electrons. The van der Waals surface area contributed by atoms with Crippen LogP contribution in [0.15, 0.2) is 24.3 Å². The van der Waals surface area contributed by atoms with E-state index in [0.29, 0.717) is 24.9 Å². The molecule has 1 aromatic rings. The van der Waals surface area contributed by atoms with Gasteiger partial charge in [0.05, 0.1) is 30.5 Å². The van der Waals surface area contributed by atoms with E-state index in [2.05, 4.69) is 10.0 Å². The summed E-state index contributed by atoms with van der Waals surface area (Å²) < 4.78 is 25.9. The number of benzene rings is 1. The van der Waals surface area contributed by atoms with Crippen LogP contribution in [0.1, 0.15) is 25.3 Å². The van der Waals surface area contributed by atoms with Crippen molar-refractivity contribution in [3.05, 3.63) is 29.8 Å². The van der Waals surface area contributed by atoms with Gasteiger partial charge in [-0.3, -0.25) is 14.4 Å². The van der Waals surface area contributed by atoms with Gasteiger partial charge in [-0.15, -0.1) is 0 Å². The Kier molecular flexibility index (Phi) is 8.98. The number of nitrogens with one attached hydrogen (secondary N) is 2. The largest absolute Gasteiger partial charge is 0.480 e. The van der Waals surface area contributed by atoms with E-state index < -0.39 is 34.5 Å². The van der Waals surface area contributed by atoms with Gasteiger partial charge in [0.1, 0.15) is 6.04 Å². The number of hydrogen-bond donors (Lipinski definition) is 3. The molecule has 1 aliphatic rings. The van der Waals surface area contributed by atoms with Gasteiger partial charge >= 0.3 is 5.97 Å². The van der Waals surface area contributed by atoms with E-state index >= 15 is 0 Å². The highest BCUT2D eigenvalue weighted by atomic mass is 32.2. The summed E-state index contributed by atoms with van der Waals surface area (Å²) in [7, 11) is -3.78. The average molecular weight is 466 g/mol. The highest BCUT2D eigenvalue weighted by molar-refractivity contribution is 7.89. The lowest BCUT2D eigenvalue weighted by Gasteiger charge is -2.35. The Morgan fingerprint density at radius 3 is 2.50 bits per heavy atom. The third-order valence-electron chi connectivity index (χ3n) is 4.90. The van der Waals surface area contributed by atoms with Crippen molar-refractivity contribution in [2.45, 2.75) is 25.8 Å². The number of carbonyl (C=O) groups excluding carboxylic acids is 2. The van der Waals surface area contributed by atoms with Crippen LogP contribution >= 0.6 is 0 Å². The zero-order valence-corrected chi connectivity index (χ0v) is 18.6. The number of carboxylic acid groups (broad SMARTS) is 1. The number of sulfonamides is 1. The Labute approximate surface area is 187 Å². The van der Waals surface area contributed by atoms with E-state index in [0.717, 1.165) is 5.69 Å². The second kappa shape index (κ2) is 11.4. The quantitative estimate of drug-likeness (QED) is 0.394. The van der Waals surface area contributed by atoms with Crippen LogP contribution < -0.4 is 14.9 Å². The highest BCUT2D eigenvalue weighted by Gasteiger charge is 2.27. The average Bonchev–Trinajstić information content (AvgIpc) is 2.76. The first-order chi connectivity index (χ1) is 15.1. The second-order valence-electron chi connectivity index (χ2n) is 7.38. The SMILES string of the molecule is CCCCS(=O)(=O)N[C@@H](CNC(=O)CN1CCN(c2ccc(C#N)cc2)CC1=O)C(=O)O. The summed E-state index contributed by atoms with van der Waals surface area (Å²) in [5.41, 5.74) is 1.31. The smallest absolute Gasteiger partial charge is 0.323 e. The fraction of sp³-hybridized carbons (Fsp3) is 0.500. The third kappa shape index (κ3) is 7.51. The number of carbonyl (C=O) groups is 3. The normalized spacial score (nSPS) is 15.2. The van der Waals surface area contributed by atoms with E-state index in [9.17, 15) is 27.9 Å². The van der Waals surface area contributed by atoms with Crippen LogP contribution in [0.3, 0.4) is 0 Å². The minimum Gasteiger partial charge on any atom is -0.480 e. The van der Waals surface area contributed by atoms with Crippen LogP contribution in [0.5, 0.6) is 0 Å². The number of rotatable bonds is 11. The molecule has 2 rings (SSSR count). The van der Waals surface area contributed by atoms with E-state index in [1.807, 2.05) is 17.9 Å². The number of nitriles is 1. The summed E-state index contributed by atoms with van der Waals surface area (Å²) in [6.07, 6.45) is 1.03. The number of carboxylic acids is 1. The summed E-state index contributed by atoms with van der Waals surface area (Å²) >= 11 is 0. The molecule has 12 heteroatoms. The summed E-state index contributed by atoms with van der Waals surface area (Å²) in [6, 6.07) is 7.36. The maximum absolute atomic E-state index is 12.4. The molecule has 1 aromatic carbocycles. The summed E-state index contributed by atoms with van der Waals surface area (Å²) in [5.74, 6) is -2.45. The van der Waals surface area contributed by atoms with Crippen LogP contribution in [-0.4, -0.2) is 80.7 Å². The topological polar surface area (TPSA) is 160 Å². The molecule has 0 unspecified atom stereocenters. The van der Waals surface area contributed by atoms with E-state index in [4.69, 9.17) is 5.26 Å². The number of nitrogens with zero attached hydrogens (tertiary/aromatic N) is 3. The Morgan fingerprint density at radius 2 is 1.94 bits per heavy atom. The van der Waals surface area contributed by atoms with Gasteiger partial charge in [0, 0.05) is 25.3 Å². The summed E-state index contributed by atoms with van der Waals surface area (Å²) in [6.45, 7) is 1.97. The maximum atomic E-state index is 12.4. The summed E-state index contributed by atoms with van der Waals surface area (Å²) in [5, 5.41) is 20.5. The molecule has 0 aliphatic carbocycles. The molecular formula is C20H27N5O6S. The van der Waals surface area contributed by atoms with Gasteiger partial charge < -0.3 is 20.2 Å². The van der Waals surface area contributed by atoms with Crippen molar-refractivity contribution < 1.29 is 27.9 Å². The highest BCUT2D eigenvalue weighted by Crippen LogP contribution is 2.17. The first-order valence-electron chi connectivity index (χ1n) is 10.2. The first kappa shape index (κ1) is 25.1. The number of anilines is 1.